The molecule has 2 aromatic carbocycles. The van der Waals surface area contributed by atoms with Crippen molar-refractivity contribution >= 4 is 17.8 Å². The van der Waals surface area contributed by atoms with Crippen LogP contribution in [0.25, 0.3) is 0 Å². The second-order valence-electron chi connectivity index (χ2n) is 4.76. The number of carbonyl (C=O) groups excluding carboxylic acids is 3. The third kappa shape index (κ3) is 4.67. The molecule has 6 nitrogen and oxygen atoms in total. The molecule has 0 spiro atoms. The molecule has 6 heteroatoms. The fourth-order valence-corrected chi connectivity index (χ4v) is 1.95. The molecule has 0 aliphatic carbocycles. The Morgan fingerprint density at radius 2 is 1.52 bits per heavy atom. The smallest absolute Gasteiger partial charge is 0.333 e. The number of rotatable bonds is 6. The summed E-state index contributed by atoms with van der Waals surface area (Å²) in [5.41, 5.74) is 5.93. The van der Waals surface area contributed by atoms with Gasteiger partial charge in [0.25, 0.3) is 11.8 Å². The second-order valence-corrected chi connectivity index (χ2v) is 4.76. The van der Waals surface area contributed by atoms with Crippen molar-refractivity contribution in [1.82, 2.24) is 5.32 Å². The predicted octanol–water partition coefficient (Wildman–Crippen LogP) is 1.19. The molecule has 2 amide bonds. The summed E-state index contributed by atoms with van der Waals surface area (Å²) in [6.45, 7) is -0.538. The second kappa shape index (κ2) is 7.74. The lowest BCUT2D eigenvalue weighted by Crippen LogP contribution is -2.36. The van der Waals surface area contributed by atoms with Gasteiger partial charge >= 0.3 is 5.97 Å². The van der Waals surface area contributed by atoms with Crippen molar-refractivity contribution in [2.45, 2.75) is 6.04 Å². The molecular formula is C17H16N2O4. The van der Waals surface area contributed by atoms with E-state index in [1.165, 1.54) is 0 Å². The summed E-state index contributed by atoms with van der Waals surface area (Å²) in [6.07, 6.45) is 0. The molecule has 3 N–H and O–H groups in total. The van der Waals surface area contributed by atoms with Crippen LogP contribution in [0.2, 0.25) is 0 Å². The molecule has 1 atom stereocenters. The summed E-state index contributed by atoms with van der Waals surface area (Å²) in [5, 5.41) is 2.61. The molecule has 0 aromatic heterocycles. The van der Waals surface area contributed by atoms with Gasteiger partial charge in [0.1, 0.15) is 0 Å². The van der Waals surface area contributed by atoms with Crippen molar-refractivity contribution in [2.75, 3.05) is 6.61 Å². The van der Waals surface area contributed by atoms with Gasteiger partial charge in [0.2, 0.25) is 0 Å². The number of hydrogen-bond acceptors (Lipinski definition) is 4. The van der Waals surface area contributed by atoms with E-state index in [1.807, 2.05) is 0 Å². The molecule has 0 saturated carbocycles. The summed E-state index contributed by atoms with van der Waals surface area (Å²) >= 11 is 0. The number of esters is 1. The van der Waals surface area contributed by atoms with Gasteiger partial charge < -0.3 is 15.8 Å². The number of carbonyl (C=O) groups is 3. The van der Waals surface area contributed by atoms with Crippen molar-refractivity contribution < 1.29 is 19.1 Å². The molecule has 118 valence electrons. The van der Waals surface area contributed by atoms with Gasteiger partial charge in [-0.15, -0.1) is 0 Å². The van der Waals surface area contributed by atoms with E-state index in [9.17, 15) is 14.4 Å². The van der Waals surface area contributed by atoms with Crippen LogP contribution < -0.4 is 11.1 Å². The Morgan fingerprint density at radius 1 is 0.957 bits per heavy atom. The minimum absolute atomic E-state index is 0.413. The summed E-state index contributed by atoms with van der Waals surface area (Å²) in [6, 6.07) is 16.1. The fraction of sp³-hybridized carbons (Fsp3) is 0.118. The topological polar surface area (TPSA) is 98.5 Å². The van der Waals surface area contributed by atoms with E-state index < -0.39 is 30.4 Å². The average molecular weight is 312 g/mol. The standard InChI is InChI=1S/C17H16N2O4/c18-14(20)11-23-17(22)15(12-7-3-1-4-8-12)19-16(21)13-9-5-2-6-10-13/h1-10,15H,11H2,(H2,18,20)(H,19,21). The number of benzene rings is 2. The van der Waals surface area contributed by atoms with Crippen LogP contribution in [0.15, 0.2) is 60.7 Å². The molecular weight excluding hydrogens is 296 g/mol. The zero-order valence-corrected chi connectivity index (χ0v) is 12.3. The molecule has 0 aliphatic heterocycles. The highest BCUT2D eigenvalue weighted by Gasteiger charge is 2.25. The van der Waals surface area contributed by atoms with E-state index in [0.29, 0.717) is 11.1 Å². The van der Waals surface area contributed by atoms with E-state index in [0.717, 1.165) is 0 Å². The third-order valence-electron chi connectivity index (χ3n) is 3.04. The van der Waals surface area contributed by atoms with Gasteiger partial charge in [0, 0.05) is 5.56 Å². The van der Waals surface area contributed by atoms with E-state index in [1.54, 1.807) is 60.7 Å². The van der Waals surface area contributed by atoms with Crippen LogP contribution in [0.3, 0.4) is 0 Å². The lowest BCUT2D eigenvalue weighted by molar-refractivity contribution is -0.149. The van der Waals surface area contributed by atoms with E-state index in [-0.39, 0.29) is 0 Å². The minimum Gasteiger partial charge on any atom is -0.454 e. The highest BCUT2D eigenvalue weighted by Crippen LogP contribution is 2.15. The van der Waals surface area contributed by atoms with Crippen LogP contribution >= 0.6 is 0 Å². The van der Waals surface area contributed by atoms with E-state index in [2.05, 4.69) is 5.32 Å². The highest BCUT2D eigenvalue weighted by atomic mass is 16.5. The van der Waals surface area contributed by atoms with Crippen molar-refractivity contribution in [3.8, 4) is 0 Å². The first-order valence-electron chi connectivity index (χ1n) is 6.93. The number of amides is 2. The van der Waals surface area contributed by atoms with Crippen LogP contribution in [-0.2, 0) is 14.3 Å². The largest absolute Gasteiger partial charge is 0.454 e. The molecule has 0 heterocycles. The van der Waals surface area contributed by atoms with Crippen molar-refractivity contribution in [3.63, 3.8) is 0 Å². The number of ether oxygens (including phenoxy) is 1. The monoisotopic (exact) mass is 312 g/mol. The maximum atomic E-state index is 12.3. The quantitative estimate of drug-likeness (QED) is 0.783. The molecule has 2 aromatic rings. The first-order chi connectivity index (χ1) is 11.1. The summed E-state index contributed by atoms with van der Waals surface area (Å²) < 4.78 is 4.83. The molecule has 0 fully saturated rings. The maximum Gasteiger partial charge on any atom is 0.333 e. The Bertz CT molecular complexity index is 686. The normalized spacial score (nSPS) is 11.3. The Labute approximate surface area is 133 Å². The summed E-state index contributed by atoms with van der Waals surface area (Å²) in [7, 11) is 0. The third-order valence-corrected chi connectivity index (χ3v) is 3.04. The maximum absolute atomic E-state index is 12.3. The van der Waals surface area contributed by atoms with Crippen molar-refractivity contribution in [2.24, 2.45) is 5.73 Å². The molecule has 23 heavy (non-hydrogen) atoms. The average Bonchev–Trinajstić information content (AvgIpc) is 2.59. The number of hydrogen-bond donors (Lipinski definition) is 2. The molecule has 0 saturated heterocycles. The van der Waals surface area contributed by atoms with Crippen LogP contribution in [0.1, 0.15) is 22.0 Å². The van der Waals surface area contributed by atoms with Gasteiger partial charge in [-0.25, -0.2) is 4.79 Å². The van der Waals surface area contributed by atoms with Crippen LogP contribution in [0.5, 0.6) is 0 Å². The Balaban J connectivity index is 2.18. The Hall–Kier alpha value is -3.15. The highest BCUT2D eigenvalue weighted by molar-refractivity contribution is 5.97. The number of primary amides is 1. The van der Waals surface area contributed by atoms with Gasteiger partial charge in [-0.1, -0.05) is 48.5 Å². The molecule has 0 radical (unpaired) electrons. The Morgan fingerprint density at radius 3 is 2.09 bits per heavy atom. The van der Waals surface area contributed by atoms with E-state index in [4.69, 9.17) is 10.5 Å². The van der Waals surface area contributed by atoms with Gasteiger partial charge in [0.05, 0.1) is 0 Å². The minimum atomic E-state index is -1.02. The van der Waals surface area contributed by atoms with E-state index >= 15 is 0 Å². The molecule has 1 unspecified atom stereocenters. The number of nitrogens with one attached hydrogen (secondary N) is 1. The van der Waals surface area contributed by atoms with Gasteiger partial charge in [0.15, 0.2) is 12.6 Å². The lowest BCUT2D eigenvalue weighted by Gasteiger charge is -2.17. The predicted molar refractivity (Wildman–Crippen MR) is 83.2 cm³/mol. The molecule has 0 bridgehead atoms. The van der Waals surface area contributed by atoms with Crippen LogP contribution in [-0.4, -0.2) is 24.4 Å². The summed E-state index contributed by atoms with van der Waals surface area (Å²) in [5.74, 6) is -1.94. The van der Waals surface area contributed by atoms with Gasteiger partial charge in [-0.3, -0.25) is 9.59 Å². The van der Waals surface area contributed by atoms with Crippen LogP contribution in [0, 0.1) is 0 Å². The molecule has 2 rings (SSSR count). The first kappa shape index (κ1) is 16.2. The number of nitrogens with two attached hydrogens (primary N) is 1. The van der Waals surface area contributed by atoms with Crippen molar-refractivity contribution in [3.05, 3.63) is 71.8 Å². The zero-order valence-electron chi connectivity index (χ0n) is 12.3. The van der Waals surface area contributed by atoms with Crippen molar-refractivity contribution in [1.29, 1.82) is 0 Å². The Kier molecular flexibility index (Phi) is 5.46. The first-order valence-corrected chi connectivity index (χ1v) is 6.93. The van der Waals surface area contributed by atoms with Gasteiger partial charge in [-0.2, -0.15) is 0 Å². The fourth-order valence-electron chi connectivity index (χ4n) is 1.95. The molecule has 0 aliphatic rings. The zero-order chi connectivity index (χ0) is 16.7. The SMILES string of the molecule is NC(=O)COC(=O)C(NC(=O)c1ccccc1)c1ccccc1. The van der Waals surface area contributed by atoms with Gasteiger partial charge in [-0.05, 0) is 17.7 Å². The summed E-state index contributed by atoms with van der Waals surface area (Å²) in [4.78, 5) is 35.2. The van der Waals surface area contributed by atoms with Crippen LogP contribution in [0.4, 0.5) is 0 Å². The lowest BCUT2D eigenvalue weighted by atomic mass is 10.1.